The zero-order valence-electron chi connectivity index (χ0n) is 28.5. The molecule has 0 aromatic heterocycles. The molecule has 0 radical (unpaired) electrons. The van der Waals surface area contributed by atoms with Crippen molar-refractivity contribution >= 4 is 41.5 Å². The molecule has 16 nitrogen and oxygen atoms in total. The molecule has 1 aliphatic rings. The number of hydrogen-bond acceptors (Lipinski definition) is 9. The van der Waals surface area contributed by atoms with Gasteiger partial charge in [0, 0.05) is 19.4 Å². The molecule has 0 saturated carbocycles. The second-order valence-electron chi connectivity index (χ2n) is 12.5. The molecule has 1 fully saturated rings. The first-order valence-corrected chi connectivity index (χ1v) is 16.7. The standard InChI is InChI=1S/C35H46N6O10/c1-3-20(2)30(40-33(48)27-10-7-15-41(27)28(43)19-36)34(49)38-24(16-22-11-13-23(42)14-12-22)31(46)37-25(18-29(44)45)32(47)39-26(35(50)51)17-21-8-5-4-6-9-21/h4-6,8-9,11-14,20,24-27,30,42H,3,7,10,15-19,36H2,1-2H3,(H,37,46)(H,38,49)(H,39,47)(H,40,48)(H,44,45)(H,50,51). The van der Waals surface area contributed by atoms with Crippen molar-refractivity contribution in [3.8, 4) is 5.75 Å². The molecular weight excluding hydrogens is 664 g/mol. The van der Waals surface area contributed by atoms with Crippen LogP contribution in [-0.4, -0.2) is 105 Å². The lowest BCUT2D eigenvalue weighted by molar-refractivity contribution is -0.143. The Balaban J connectivity index is 1.85. The molecule has 6 atom stereocenters. The van der Waals surface area contributed by atoms with Crippen LogP contribution in [0.15, 0.2) is 54.6 Å². The number of hydrogen-bond donors (Lipinski definition) is 8. The van der Waals surface area contributed by atoms with Crippen LogP contribution in [0.5, 0.6) is 5.75 Å². The Morgan fingerprint density at radius 2 is 1.37 bits per heavy atom. The van der Waals surface area contributed by atoms with Crippen molar-refractivity contribution in [2.75, 3.05) is 13.1 Å². The highest BCUT2D eigenvalue weighted by Gasteiger charge is 2.38. The third kappa shape index (κ3) is 11.8. The first kappa shape index (κ1) is 39.9. The quantitative estimate of drug-likeness (QED) is 0.0994. The summed E-state index contributed by atoms with van der Waals surface area (Å²) in [7, 11) is 0. The third-order valence-corrected chi connectivity index (χ3v) is 8.76. The van der Waals surface area contributed by atoms with Crippen LogP contribution >= 0.6 is 0 Å². The van der Waals surface area contributed by atoms with Crippen LogP contribution in [-0.2, 0) is 46.4 Å². The summed E-state index contributed by atoms with van der Waals surface area (Å²) in [6.45, 7) is 3.58. The molecular formula is C35H46N6O10. The van der Waals surface area contributed by atoms with Crippen molar-refractivity contribution in [1.29, 1.82) is 0 Å². The van der Waals surface area contributed by atoms with Crippen LogP contribution in [0.1, 0.15) is 50.7 Å². The van der Waals surface area contributed by atoms with E-state index in [1.165, 1.54) is 29.2 Å². The fourth-order valence-electron chi connectivity index (χ4n) is 5.72. The number of benzene rings is 2. The van der Waals surface area contributed by atoms with Crippen molar-refractivity contribution in [2.45, 2.75) is 82.6 Å². The molecule has 0 aliphatic carbocycles. The zero-order valence-corrected chi connectivity index (χ0v) is 28.5. The average molecular weight is 711 g/mol. The van der Waals surface area contributed by atoms with Crippen LogP contribution in [0.3, 0.4) is 0 Å². The van der Waals surface area contributed by atoms with Crippen molar-refractivity contribution < 1.29 is 48.9 Å². The van der Waals surface area contributed by atoms with Gasteiger partial charge in [0.2, 0.25) is 29.5 Å². The predicted molar refractivity (Wildman–Crippen MR) is 183 cm³/mol. The highest BCUT2D eigenvalue weighted by molar-refractivity contribution is 5.97. The Morgan fingerprint density at radius 3 is 1.96 bits per heavy atom. The largest absolute Gasteiger partial charge is 0.508 e. The van der Waals surface area contributed by atoms with E-state index in [1.54, 1.807) is 44.2 Å². The number of carboxylic acids is 2. The molecule has 0 spiro atoms. The summed E-state index contributed by atoms with van der Waals surface area (Å²) in [4.78, 5) is 91.7. The Bertz CT molecular complexity index is 1550. The number of amides is 5. The van der Waals surface area contributed by atoms with Gasteiger partial charge in [-0.2, -0.15) is 0 Å². The number of nitrogens with zero attached hydrogens (tertiary/aromatic N) is 1. The van der Waals surface area contributed by atoms with E-state index in [0.29, 0.717) is 36.9 Å². The molecule has 1 aliphatic heterocycles. The van der Waals surface area contributed by atoms with Gasteiger partial charge in [-0.25, -0.2) is 4.79 Å². The number of nitrogens with two attached hydrogens (primary N) is 1. The SMILES string of the molecule is CCC(C)C(NC(=O)C1CCCN1C(=O)CN)C(=O)NC(Cc1ccc(O)cc1)C(=O)NC(CC(=O)O)C(=O)NC(Cc1ccccc1)C(=O)O. The normalized spacial score (nSPS) is 16.8. The summed E-state index contributed by atoms with van der Waals surface area (Å²) in [6, 6.07) is 7.58. The van der Waals surface area contributed by atoms with Crippen molar-refractivity contribution in [1.82, 2.24) is 26.2 Å². The van der Waals surface area contributed by atoms with E-state index < -0.39 is 84.0 Å². The first-order valence-electron chi connectivity index (χ1n) is 16.7. The Hall–Kier alpha value is -5.51. The molecule has 1 heterocycles. The first-order chi connectivity index (χ1) is 24.2. The van der Waals surface area contributed by atoms with Gasteiger partial charge in [-0.05, 0) is 42.0 Å². The maximum atomic E-state index is 13.8. The van der Waals surface area contributed by atoms with Crippen LogP contribution < -0.4 is 27.0 Å². The van der Waals surface area contributed by atoms with Gasteiger partial charge in [-0.3, -0.25) is 28.8 Å². The van der Waals surface area contributed by atoms with E-state index in [9.17, 15) is 48.9 Å². The van der Waals surface area contributed by atoms with E-state index in [-0.39, 0.29) is 25.1 Å². The molecule has 51 heavy (non-hydrogen) atoms. The molecule has 276 valence electrons. The maximum Gasteiger partial charge on any atom is 0.326 e. The Kier molecular flexibility index (Phi) is 14.9. The molecule has 6 unspecified atom stereocenters. The number of phenolic OH excluding ortho intramolecular Hbond substituents is 1. The molecule has 0 bridgehead atoms. The zero-order chi connectivity index (χ0) is 37.7. The number of aliphatic carboxylic acids is 2. The van der Waals surface area contributed by atoms with E-state index >= 15 is 0 Å². The van der Waals surface area contributed by atoms with Crippen molar-refractivity contribution in [3.05, 3.63) is 65.7 Å². The van der Waals surface area contributed by atoms with Gasteiger partial charge in [-0.1, -0.05) is 62.7 Å². The van der Waals surface area contributed by atoms with Gasteiger partial charge in [0.05, 0.1) is 13.0 Å². The minimum absolute atomic E-state index is 0.0564. The number of rotatable bonds is 18. The molecule has 1 saturated heterocycles. The van der Waals surface area contributed by atoms with Gasteiger partial charge >= 0.3 is 11.9 Å². The number of phenols is 1. The van der Waals surface area contributed by atoms with Crippen molar-refractivity contribution in [3.63, 3.8) is 0 Å². The van der Waals surface area contributed by atoms with Crippen LogP contribution in [0.2, 0.25) is 0 Å². The lowest BCUT2D eigenvalue weighted by Crippen LogP contribution is -2.60. The number of nitrogens with one attached hydrogen (secondary N) is 4. The molecule has 3 rings (SSSR count). The monoisotopic (exact) mass is 710 g/mol. The second-order valence-corrected chi connectivity index (χ2v) is 12.5. The summed E-state index contributed by atoms with van der Waals surface area (Å²) >= 11 is 0. The highest BCUT2D eigenvalue weighted by Crippen LogP contribution is 2.19. The van der Waals surface area contributed by atoms with Crippen LogP contribution in [0.25, 0.3) is 0 Å². The third-order valence-electron chi connectivity index (χ3n) is 8.76. The smallest absolute Gasteiger partial charge is 0.326 e. The van der Waals surface area contributed by atoms with Gasteiger partial charge in [0.1, 0.15) is 36.0 Å². The van der Waals surface area contributed by atoms with Gasteiger partial charge in [0.15, 0.2) is 0 Å². The Morgan fingerprint density at radius 1 is 0.804 bits per heavy atom. The summed E-state index contributed by atoms with van der Waals surface area (Å²) < 4.78 is 0. The van der Waals surface area contributed by atoms with E-state index in [2.05, 4.69) is 21.3 Å². The number of carbonyl (C=O) groups excluding carboxylic acids is 5. The summed E-state index contributed by atoms with van der Waals surface area (Å²) in [5.41, 5.74) is 6.59. The summed E-state index contributed by atoms with van der Waals surface area (Å²) in [5, 5.41) is 39.1. The topological polar surface area (TPSA) is 258 Å². The van der Waals surface area contributed by atoms with E-state index in [4.69, 9.17) is 5.73 Å². The number of aromatic hydroxyl groups is 1. The predicted octanol–water partition coefficient (Wildman–Crippen LogP) is -0.328. The molecule has 2 aromatic rings. The highest BCUT2D eigenvalue weighted by atomic mass is 16.4. The van der Waals surface area contributed by atoms with E-state index in [1.807, 2.05) is 0 Å². The lowest BCUT2D eigenvalue weighted by atomic mass is 9.96. The molecule has 16 heteroatoms. The lowest BCUT2D eigenvalue weighted by Gasteiger charge is -2.30. The number of likely N-dealkylation sites (tertiary alicyclic amines) is 1. The fraction of sp³-hybridized carbons (Fsp3) is 0.457. The van der Waals surface area contributed by atoms with Crippen LogP contribution in [0, 0.1) is 5.92 Å². The average Bonchev–Trinajstić information content (AvgIpc) is 3.60. The van der Waals surface area contributed by atoms with Gasteiger partial charge in [-0.15, -0.1) is 0 Å². The van der Waals surface area contributed by atoms with Gasteiger partial charge < -0.3 is 47.2 Å². The Labute approximate surface area is 295 Å². The molecule has 2 aromatic carbocycles. The van der Waals surface area contributed by atoms with Gasteiger partial charge in [0.25, 0.3) is 0 Å². The number of carboxylic acid groups (broad SMARTS) is 2. The summed E-state index contributed by atoms with van der Waals surface area (Å²) in [6.07, 6.45) is 0.200. The molecule has 5 amide bonds. The summed E-state index contributed by atoms with van der Waals surface area (Å²) in [5.74, 6) is -7.07. The van der Waals surface area contributed by atoms with E-state index in [0.717, 1.165) is 0 Å². The second kappa shape index (κ2) is 19.0. The molecule has 9 N–H and O–H groups in total. The van der Waals surface area contributed by atoms with Crippen LogP contribution in [0.4, 0.5) is 0 Å². The fourth-order valence-corrected chi connectivity index (χ4v) is 5.72. The minimum atomic E-state index is -1.73. The van der Waals surface area contributed by atoms with Crippen molar-refractivity contribution in [2.24, 2.45) is 11.7 Å². The maximum absolute atomic E-state index is 13.8. The minimum Gasteiger partial charge on any atom is -0.508 e. The number of carbonyl (C=O) groups is 7.